The van der Waals surface area contributed by atoms with Gasteiger partial charge in [-0.15, -0.1) is 10.2 Å². The lowest BCUT2D eigenvalue weighted by Gasteiger charge is -2.37. The van der Waals surface area contributed by atoms with Crippen LogP contribution in [-0.4, -0.2) is 46.3 Å². The van der Waals surface area contributed by atoms with E-state index in [1.165, 1.54) is 0 Å². The first-order valence-electron chi connectivity index (χ1n) is 9.73. The summed E-state index contributed by atoms with van der Waals surface area (Å²) < 4.78 is 17.7. The second-order valence-electron chi connectivity index (χ2n) is 7.66. The van der Waals surface area contributed by atoms with Gasteiger partial charge in [-0.1, -0.05) is 12.1 Å². The molecule has 1 saturated heterocycles. The Hall–Kier alpha value is -2.57. The van der Waals surface area contributed by atoms with Crippen LogP contribution in [0.3, 0.4) is 0 Å². The van der Waals surface area contributed by atoms with E-state index in [2.05, 4.69) is 10.2 Å². The standard InChI is InChI=1S/C20H23N3O4/c1-12-17(26-16-5-3-2-4-15(16)25-12)20(24)23-10-8-14(9-11-23)19-22-21-18(27-19)13-6-7-13/h2-5,12-14,17H,6-11H2,1H3. The highest BCUT2D eigenvalue weighted by Crippen LogP contribution is 2.40. The van der Waals surface area contributed by atoms with Crippen molar-refractivity contribution in [3.05, 3.63) is 36.0 Å². The van der Waals surface area contributed by atoms with Gasteiger partial charge in [0.05, 0.1) is 0 Å². The van der Waals surface area contributed by atoms with Crippen LogP contribution in [0.2, 0.25) is 0 Å². The van der Waals surface area contributed by atoms with Gasteiger partial charge in [0.2, 0.25) is 17.9 Å². The summed E-state index contributed by atoms with van der Waals surface area (Å²) in [7, 11) is 0. The fourth-order valence-corrected chi connectivity index (χ4v) is 3.82. The third kappa shape index (κ3) is 3.15. The Bertz CT molecular complexity index is 839. The first-order valence-corrected chi connectivity index (χ1v) is 9.73. The second kappa shape index (κ2) is 6.55. The van der Waals surface area contributed by atoms with Gasteiger partial charge < -0.3 is 18.8 Å². The third-order valence-electron chi connectivity index (χ3n) is 5.62. The molecule has 2 aromatic rings. The molecule has 5 rings (SSSR count). The molecule has 2 unspecified atom stereocenters. The molecule has 0 spiro atoms. The van der Waals surface area contributed by atoms with Crippen molar-refractivity contribution in [2.45, 2.75) is 56.7 Å². The molecule has 7 nitrogen and oxygen atoms in total. The first-order chi connectivity index (χ1) is 13.2. The zero-order valence-corrected chi connectivity index (χ0v) is 15.3. The number of aromatic nitrogens is 2. The Morgan fingerprint density at radius 3 is 2.19 bits per heavy atom. The Kier molecular flexibility index (Phi) is 4.02. The molecule has 3 aliphatic rings. The summed E-state index contributed by atoms with van der Waals surface area (Å²) in [6, 6.07) is 7.47. The van der Waals surface area contributed by atoms with E-state index in [1.807, 2.05) is 36.1 Å². The molecular formula is C20H23N3O4. The van der Waals surface area contributed by atoms with Gasteiger partial charge in [0.25, 0.3) is 5.91 Å². The molecule has 1 aromatic carbocycles. The highest BCUT2D eigenvalue weighted by atomic mass is 16.6. The number of hydrogen-bond donors (Lipinski definition) is 0. The van der Waals surface area contributed by atoms with E-state index in [4.69, 9.17) is 13.9 Å². The average Bonchev–Trinajstić information content (AvgIpc) is 3.44. The molecule has 7 heteroatoms. The predicted octanol–water partition coefficient (Wildman–Crippen LogP) is 2.88. The van der Waals surface area contributed by atoms with Gasteiger partial charge in [-0.05, 0) is 44.7 Å². The molecule has 2 fully saturated rings. The zero-order valence-electron chi connectivity index (χ0n) is 15.3. The summed E-state index contributed by atoms with van der Waals surface area (Å²) in [6.45, 7) is 3.21. The lowest BCUT2D eigenvalue weighted by Crippen LogP contribution is -2.52. The lowest BCUT2D eigenvalue weighted by atomic mass is 9.96. The van der Waals surface area contributed by atoms with Gasteiger partial charge >= 0.3 is 0 Å². The van der Waals surface area contributed by atoms with Crippen molar-refractivity contribution < 1.29 is 18.7 Å². The smallest absolute Gasteiger partial charge is 0.267 e. The van der Waals surface area contributed by atoms with Crippen LogP contribution in [0.5, 0.6) is 11.5 Å². The number of hydrogen-bond acceptors (Lipinski definition) is 6. The minimum atomic E-state index is -0.610. The number of ether oxygens (including phenoxy) is 2. The fraction of sp³-hybridized carbons (Fsp3) is 0.550. The van der Waals surface area contributed by atoms with Crippen LogP contribution in [0.25, 0.3) is 0 Å². The average molecular weight is 369 g/mol. The molecule has 0 N–H and O–H groups in total. The predicted molar refractivity (Wildman–Crippen MR) is 95.8 cm³/mol. The van der Waals surface area contributed by atoms with Crippen LogP contribution in [-0.2, 0) is 4.79 Å². The van der Waals surface area contributed by atoms with Crippen LogP contribution in [0.15, 0.2) is 28.7 Å². The maximum atomic E-state index is 13.0. The van der Waals surface area contributed by atoms with E-state index in [9.17, 15) is 4.79 Å². The van der Waals surface area contributed by atoms with Crippen LogP contribution in [0.4, 0.5) is 0 Å². The summed E-state index contributed by atoms with van der Waals surface area (Å²) in [6.07, 6.45) is 3.04. The van der Waals surface area contributed by atoms with Crippen LogP contribution < -0.4 is 9.47 Å². The van der Waals surface area contributed by atoms with Crippen molar-refractivity contribution in [2.75, 3.05) is 13.1 Å². The monoisotopic (exact) mass is 369 g/mol. The summed E-state index contributed by atoms with van der Waals surface area (Å²) in [5.74, 6) is 3.52. The van der Waals surface area contributed by atoms with Gasteiger partial charge in [0.15, 0.2) is 11.5 Å². The molecule has 2 aliphatic heterocycles. The minimum Gasteiger partial charge on any atom is -0.482 e. The highest BCUT2D eigenvalue weighted by molar-refractivity contribution is 5.82. The van der Waals surface area contributed by atoms with Gasteiger partial charge in [-0.2, -0.15) is 0 Å². The molecule has 27 heavy (non-hydrogen) atoms. The number of para-hydroxylation sites is 2. The van der Waals surface area contributed by atoms with Crippen LogP contribution >= 0.6 is 0 Å². The van der Waals surface area contributed by atoms with Crippen molar-refractivity contribution in [3.63, 3.8) is 0 Å². The van der Waals surface area contributed by atoms with E-state index in [0.717, 1.165) is 37.5 Å². The summed E-state index contributed by atoms with van der Waals surface area (Å²) in [5.41, 5.74) is 0. The first kappa shape index (κ1) is 16.6. The number of carbonyl (C=O) groups excluding carboxylic acids is 1. The Morgan fingerprint density at radius 2 is 1.56 bits per heavy atom. The topological polar surface area (TPSA) is 77.7 Å². The maximum Gasteiger partial charge on any atom is 0.267 e. The van der Waals surface area contributed by atoms with Gasteiger partial charge in [-0.3, -0.25) is 4.79 Å². The molecule has 142 valence electrons. The molecule has 1 amide bonds. The van der Waals surface area contributed by atoms with Gasteiger partial charge in [0.1, 0.15) is 6.10 Å². The van der Waals surface area contributed by atoms with Gasteiger partial charge in [-0.25, -0.2) is 0 Å². The maximum absolute atomic E-state index is 13.0. The number of piperidine rings is 1. The number of rotatable bonds is 3. The quantitative estimate of drug-likeness (QED) is 0.828. The summed E-state index contributed by atoms with van der Waals surface area (Å²) >= 11 is 0. The van der Waals surface area contributed by atoms with Crippen LogP contribution in [0, 0.1) is 0 Å². The fourth-order valence-electron chi connectivity index (χ4n) is 3.82. The summed E-state index contributed by atoms with van der Waals surface area (Å²) in [4.78, 5) is 14.9. The number of amides is 1. The largest absolute Gasteiger partial charge is 0.482 e. The number of fused-ring (bicyclic) bond motifs is 1. The van der Waals surface area contributed by atoms with Crippen molar-refractivity contribution >= 4 is 5.91 Å². The minimum absolute atomic E-state index is 0.0142. The normalized spacial score (nSPS) is 25.4. The van der Waals surface area contributed by atoms with Gasteiger partial charge in [0, 0.05) is 24.9 Å². The van der Waals surface area contributed by atoms with Crippen molar-refractivity contribution in [2.24, 2.45) is 0 Å². The lowest BCUT2D eigenvalue weighted by molar-refractivity contribution is -0.145. The van der Waals surface area contributed by atoms with Crippen molar-refractivity contribution in [1.82, 2.24) is 15.1 Å². The van der Waals surface area contributed by atoms with E-state index in [-0.39, 0.29) is 17.9 Å². The third-order valence-corrected chi connectivity index (χ3v) is 5.62. The van der Waals surface area contributed by atoms with Crippen molar-refractivity contribution in [1.29, 1.82) is 0 Å². The Morgan fingerprint density at radius 1 is 0.963 bits per heavy atom. The van der Waals surface area contributed by atoms with E-state index in [0.29, 0.717) is 30.5 Å². The summed E-state index contributed by atoms with van der Waals surface area (Å²) in [5, 5.41) is 8.41. The van der Waals surface area contributed by atoms with Crippen molar-refractivity contribution in [3.8, 4) is 11.5 Å². The number of carbonyl (C=O) groups is 1. The Labute approximate surface area is 157 Å². The molecule has 0 bridgehead atoms. The molecular weight excluding hydrogens is 346 g/mol. The Balaban J connectivity index is 1.22. The van der Waals surface area contributed by atoms with E-state index in [1.54, 1.807) is 0 Å². The molecule has 1 aromatic heterocycles. The molecule has 0 radical (unpaired) electrons. The highest BCUT2D eigenvalue weighted by Gasteiger charge is 2.39. The SMILES string of the molecule is CC1Oc2ccccc2OC1C(=O)N1CCC(c2nnc(C3CC3)o2)CC1. The number of benzene rings is 1. The second-order valence-corrected chi connectivity index (χ2v) is 7.66. The molecule has 1 aliphatic carbocycles. The zero-order chi connectivity index (χ0) is 18.4. The van der Waals surface area contributed by atoms with E-state index < -0.39 is 6.10 Å². The van der Waals surface area contributed by atoms with E-state index >= 15 is 0 Å². The number of likely N-dealkylation sites (tertiary alicyclic amines) is 1. The molecule has 2 atom stereocenters. The number of nitrogens with zero attached hydrogens (tertiary/aromatic N) is 3. The molecule has 3 heterocycles. The van der Waals surface area contributed by atoms with Crippen LogP contribution in [0.1, 0.15) is 56.2 Å². The molecule has 1 saturated carbocycles.